The van der Waals surface area contributed by atoms with E-state index in [1.54, 1.807) is 6.92 Å². The van der Waals surface area contributed by atoms with Gasteiger partial charge in [0.2, 0.25) is 0 Å². The minimum absolute atomic E-state index is 0.00191. The lowest BCUT2D eigenvalue weighted by molar-refractivity contribution is -0.141. The Balaban J connectivity index is 1.60. The first kappa shape index (κ1) is 22.5. The van der Waals surface area contributed by atoms with Crippen LogP contribution in [0.5, 0.6) is 0 Å². The summed E-state index contributed by atoms with van der Waals surface area (Å²) >= 11 is 0. The van der Waals surface area contributed by atoms with E-state index in [9.17, 15) is 24.9 Å². The largest absolute Gasteiger partial charge is 0.465 e. The molecule has 15 heteroatoms. The van der Waals surface area contributed by atoms with Crippen molar-refractivity contribution < 1.29 is 34.4 Å². The highest BCUT2D eigenvalue weighted by atomic mass is 16.6. The predicted molar refractivity (Wildman–Crippen MR) is 109 cm³/mol. The number of amides is 1. The molecule has 3 aromatic rings. The third-order valence-corrected chi connectivity index (χ3v) is 4.98. The van der Waals surface area contributed by atoms with Gasteiger partial charge >= 0.3 is 5.97 Å². The van der Waals surface area contributed by atoms with Gasteiger partial charge in [-0.25, -0.2) is 9.67 Å². The van der Waals surface area contributed by atoms with Gasteiger partial charge in [0, 0.05) is 6.20 Å². The van der Waals surface area contributed by atoms with Gasteiger partial charge in [0.15, 0.2) is 17.7 Å². The van der Waals surface area contributed by atoms with Gasteiger partial charge < -0.3 is 35.8 Å². The van der Waals surface area contributed by atoms with Crippen LogP contribution in [0, 0.1) is 0 Å². The zero-order valence-electron chi connectivity index (χ0n) is 17.4. The maximum Gasteiger partial charge on any atom is 0.325 e. The zero-order valence-corrected chi connectivity index (χ0v) is 17.4. The summed E-state index contributed by atoms with van der Waals surface area (Å²) in [7, 11) is 0. The van der Waals surface area contributed by atoms with Gasteiger partial charge in [-0.2, -0.15) is 15.1 Å². The van der Waals surface area contributed by atoms with E-state index >= 15 is 0 Å². The molecule has 3 aromatic heterocycles. The number of aliphatic hydroxyl groups is 3. The van der Waals surface area contributed by atoms with Crippen molar-refractivity contribution in [1.29, 1.82) is 0 Å². The number of carbonyl (C=O) groups is 2. The molecule has 176 valence electrons. The lowest BCUT2D eigenvalue weighted by Gasteiger charge is -2.16. The molecule has 1 saturated heterocycles. The Labute approximate surface area is 185 Å². The number of hydrogen-bond acceptors (Lipinski definition) is 12. The molecule has 0 saturated carbocycles. The van der Waals surface area contributed by atoms with Gasteiger partial charge in [-0.3, -0.25) is 14.2 Å². The smallest absolute Gasteiger partial charge is 0.325 e. The van der Waals surface area contributed by atoms with Crippen LogP contribution in [0.2, 0.25) is 0 Å². The van der Waals surface area contributed by atoms with Crippen LogP contribution < -0.4 is 11.1 Å². The van der Waals surface area contributed by atoms with Crippen molar-refractivity contribution in [3.8, 4) is 5.95 Å². The second-order valence-electron chi connectivity index (χ2n) is 7.12. The second-order valence-corrected chi connectivity index (χ2v) is 7.12. The number of aliphatic hydroxyl groups excluding tert-OH is 3. The topological polar surface area (TPSA) is 213 Å². The summed E-state index contributed by atoms with van der Waals surface area (Å²) in [6, 6.07) is 0. The van der Waals surface area contributed by atoms with Crippen molar-refractivity contribution >= 4 is 28.9 Å². The number of aromatic nitrogens is 6. The SMILES string of the molecule is CCOC(=O)CNC(=O)c1cnn(-c2nc(N)c3ncn([C@@H]4O[C@H](CO)[C@@H](O)[C@@H]4O)c3n2)c1. The Hall–Kier alpha value is -3.66. The highest BCUT2D eigenvalue weighted by Gasteiger charge is 2.44. The van der Waals surface area contributed by atoms with Crippen molar-refractivity contribution in [3.63, 3.8) is 0 Å². The number of nitrogens with two attached hydrogens (primary N) is 1. The standard InChI is InChI=1S/C18H22N8O7/c1-2-32-10(28)4-20-16(31)8-3-22-26(5-8)18-23-14(19)11-15(24-18)25(7-21-11)17-13(30)12(29)9(6-27)33-17/h3,5,7,9,12-13,17,27,29-30H,2,4,6H2,1H3,(H,20,31)(H2,19,23,24)/t9-,12-,13+,17-/m1/s1. The van der Waals surface area contributed by atoms with Crippen LogP contribution in [0.1, 0.15) is 23.5 Å². The quantitative estimate of drug-likeness (QED) is 0.230. The molecular weight excluding hydrogens is 440 g/mol. The average Bonchev–Trinajstić information content (AvgIpc) is 3.51. The van der Waals surface area contributed by atoms with Crippen molar-refractivity contribution in [3.05, 3.63) is 24.3 Å². The van der Waals surface area contributed by atoms with Gasteiger partial charge in [-0.15, -0.1) is 0 Å². The summed E-state index contributed by atoms with van der Waals surface area (Å²) in [5, 5.41) is 36.2. The van der Waals surface area contributed by atoms with Crippen LogP contribution >= 0.6 is 0 Å². The first-order valence-corrected chi connectivity index (χ1v) is 9.95. The Kier molecular flexibility index (Phi) is 6.19. The molecule has 0 unspecified atom stereocenters. The normalized spacial score (nSPS) is 22.5. The summed E-state index contributed by atoms with van der Waals surface area (Å²) < 4.78 is 12.8. The summed E-state index contributed by atoms with van der Waals surface area (Å²) in [4.78, 5) is 36.3. The fourth-order valence-electron chi connectivity index (χ4n) is 3.34. The van der Waals surface area contributed by atoms with Crippen molar-refractivity contribution in [2.75, 3.05) is 25.5 Å². The molecule has 1 amide bonds. The summed E-state index contributed by atoms with van der Waals surface area (Å²) in [6.07, 6.45) is -0.801. The van der Waals surface area contributed by atoms with Crippen LogP contribution in [0.4, 0.5) is 5.82 Å². The molecule has 0 aromatic carbocycles. The summed E-state index contributed by atoms with van der Waals surface area (Å²) in [5.41, 5.74) is 6.54. The van der Waals surface area contributed by atoms with Gasteiger partial charge in [-0.1, -0.05) is 0 Å². The molecule has 0 bridgehead atoms. The number of rotatable bonds is 7. The van der Waals surface area contributed by atoms with Crippen molar-refractivity contribution in [1.82, 2.24) is 34.6 Å². The highest BCUT2D eigenvalue weighted by Crippen LogP contribution is 2.32. The van der Waals surface area contributed by atoms with Crippen LogP contribution in [0.15, 0.2) is 18.7 Å². The number of hydrogen-bond donors (Lipinski definition) is 5. The van der Waals surface area contributed by atoms with Gasteiger partial charge in [0.25, 0.3) is 11.9 Å². The molecule has 4 heterocycles. The third kappa shape index (κ3) is 4.21. The minimum Gasteiger partial charge on any atom is -0.465 e. The molecule has 0 aliphatic carbocycles. The Morgan fingerprint density at radius 1 is 1.30 bits per heavy atom. The molecule has 1 aliphatic rings. The van der Waals surface area contributed by atoms with Gasteiger partial charge in [0.1, 0.15) is 30.4 Å². The predicted octanol–water partition coefficient (Wildman–Crippen LogP) is -2.50. The lowest BCUT2D eigenvalue weighted by atomic mass is 10.1. The van der Waals surface area contributed by atoms with Crippen molar-refractivity contribution in [2.45, 2.75) is 31.5 Å². The van der Waals surface area contributed by atoms with Crippen LogP contribution in [-0.2, 0) is 14.3 Å². The molecule has 1 aliphatic heterocycles. The molecule has 1 fully saturated rings. The Bertz CT molecular complexity index is 1180. The van der Waals surface area contributed by atoms with E-state index in [1.165, 1.54) is 28.0 Å². The molecule has 33 heavy (non-hydrogen) atoms. The van der Waals surface area contributed by atoms with E-state index in [-0.39, 0.29) is 41.6 Å². The average molecular weight is 462 g/mol. The fraction of sp³-hybridized carbons (Fsp3) is 0.444. The first-order valence-electron chi connectivity index (χ1n) is 9.95. The van der Waals surface area contributed by atoms with Crippen LogP contribution in [-0.4, -0.2) is 94.6 Å². The van der Waals surface area contributed by atoms with Crippen LogP contribution in [0.25, 0.3) is 17.1 Å². The number of nitrogen functional groups attached to an aromatic ring is 1. The van der Waals surface area contributed by atoms with Crippen LogP contribution in [0.3, 0.4) is 0 Å². The van der Waals surface area contributed by atoms with Gasteiger partial charge in [-0.05, 0) is 6.92 Å². The van der Waals surface area contributed by atoms with E-state index in [0.29, 0.717) is 0 Å². The molecule has 0 radical (unpaired) electrons. The number of nitrogens with one attached hydrogen (secondary N) is 1. The zero-order chi connectivity index (χ0) is 23.7. The highest BCUT2D eigenvalue weighted by molar-refractivity contribution is 5.95. The van der Waals surface area contributed by atoms with Crippen molar-refractivity contribution in [2.24, 2.45) is 0 Å². The number of anilines is 1. The monoisotopic (exact) mass is 462 g/mol. The molecular formula is C18H22N8O7. The molecule has 4 atom stereocenters. The Morgan fingerprint density at radius 2 is 2.09 bits per heavy atom. The maximum atomic E-state index is 12.2. The molecule has 0 spiro atoms. The number of nitrogens with zero attached hydrogens (tertiary/aromatic N) is 6. The van der Waals surface area contributed by atoms with E-state index in [1.807, 2.05) is 0 Å². The van der Waals surface area contributed by atoms with E-state index in [4.69, 9.17) is 15.2 Å². The summed E-state index contributed by atoms with van der Waals surface area (Å²) in [6.45, 7) is 1.08. The summed E-state index contributed by atoms with van der Waals surface area (Å²) in [5.74, 6) is -1.12. The molecule has 4 rings (SSSR count). The molecule has 6 N–H and O–H groups in total. The fourth-order valence-corrected chi connectivity index (χ4v) is 3.34. The number of imidazole rings is 1. The van der Waals surface area contributed by atoms with E-state index in [2.05, 4.69) is 25.4 Å². The number of carbonyl (C=O) groups excluding carboxylic acids is 2. The first-order chi connectivity index (χ1) is 15.8. The second kappa shape index (κ2) is 9.07. The Morgan fingerprint density at radius 3 is 2.79 bits per heavy atom. The number of esters is 1. The van der Waals surface area contributed by atoms with E-state index < -0.39 is 43.0 Å². The van der Waals surface area contributed by atoms with Gasteiger partial charge in [0.05, 0.1) is 31.3 Å². The maximum absolute atomic E-state index is 12.2. The molecule has 15 nitrogen and oxygen atoms in total. The number of fused-ring (bicyclic) bond motifs is 1. The number of ether oxygens (including phenoxy) is 2. The minimum atomic E-state index is -1.35. The lowest BCUT2D eigenvalue weighted by Crippen LogP contribution is -2.33. The third-order valence-electron chi connectivity index (χ3n) is 4.98. The van der Waals surface area contributed by atoms with E-state index in [0.717, 1.165) is 0 Å².